The number of para-hydroxylation sites is 1. The fourth-order valence-corrected chi connectivity index (χ4v) is 4.79. The highest BCUT2D eigenvalue weighted by molar-refractivity contribution is 7.99. The van der Waals surface area contributed by atoms with Crippen LogP contribution in [0.25, 0.3) is 16.9 Å². The smallest absolute Gasteiger partial charge is 0.236 e. The Hall–Kier alpha value is -3.65. The van der Waals surface area contributed by atoms with Crippen molar-refractivity contribution in [1.29, 1.82) is 0 Å². The van der Waals surface area contributed by atoms with Gasteiger partial charge >= 0.3 is 0 Å². The average Bonchev–Trinajstić information content (AvgIpc) is 3.50. The number of benzene rings is 2. The molecule has 35 heavy (non-hydrogen) atoms. The van der Waals surface area contributed by atoms with Crippen LogP contribution in [0.1, 0.15) is 35.7 Å². The third-order valence-electron chi connectivity index (χ3n) is 5.98. The first-order chi connectivity index (χ1) is 17.0. The summed E-state index contributed by atoms with van der Waals surface area (Å²) in [5, 5.41) is 17.4. The maximum absolute atomic E-state index is 13.0. The zero-order chi connectivity index (χ0) is 24.4. The summed E-state index contributed by atoms with van der Waals surface area (Å²) in [7, 11) is 0. The molecule has 0 aliphatic heterocycles. The number of allylic oxidation sites excluding steroid dienone is 1. The maximum Gasteiger partial charge on any atom is 0.236 e. The number of aromatic nitrogens is 5. The minimum Gasteiger partial charge on any atom is -0.310 e. The van der Waals surface area contributed by atoms with Gasteiger partial charge in [-0.1, -0.05) is 53.7 Å². The van der Waals surface area contributed by atoms with Crippen LogP contribution in [0.5, 0.6) is 0 Å². The summed E-state index contributed by atoms with van der Waals surface area (Å²) >= 11 is 1.39. The van der Waals surface area contributed by atoms with E-state index in [0.29, 0.717) is 18.3 Å². The fourth-order valence-electron chi connectivity index (χ4n) is 4.04. The first kappa shape index (κ1) is 23.1. The van der Waals surface area contributed by atoms with Crippen LogP contribution in [0.4, 0.5) is 5.82 Å². The Bertz CT molecular complexity index is 1370. The molecule has 0 unspecified atom stereocenters. The van der Waals surface area contributed by atoms with Crippen LogP contribution in [-0.2, 0) is 11.3 Å². The molecule has 2 aromatic carbocycles. The molecule has 0 bridgehead atoms. The van der Waals surface area contributed by atoms with Gasteiger partial charge in [-0.3, -0.25) is 4.79 Å². The summed E-state index contributed by atoms with van der Waals surface area (Å²) in [6.45, 7) is 8.63. The Kier molecular flexibility index (Phi) is 6.55. The second kappa shape index (κ2) is 9.92. The van der Waals surface area contributed by atoms with Gasteiger partial charge in [-0.15, -0.1) is 16.8 Å². The van der Waals surface area contributed by atoms with E-state index in [2.05, 4.69) is 58.7 Å². The molecule has 1 saturated carbocycles. The Labute approximate surface area is 209 Å². The van der Waals surface area contributed by atoms with Crippen molar-refractivity contribution in [2.75, 3.05) is 11.1 Å². The van der Waals surface area contributed by atoms with Crippen molar-refractivity contribution in [1.82, 2.24) is 24.5 Å². The van der Waals surface area contributed by atoms with Crippen molar-refractivity contribution in [2.45, 2.75) is 44.3 Å². The van der Waals surface area contributed by atoms with Gasteiger partial charge in [0.15, 0.2) is 5.16 Å². The van der Waals surface area contributed by atoms with Gasteiger partial charge in [-0.2, -0.15) is 5.10 Å². The highest BCUT2D eigenvalue weighted by atomic mass is 32.2. The van der Waals surface area contributed by atoms with E-state index >= 15 is 0 Å². The number of nitrogens with zero attached hydrogens (tertiary/aromatic N) is 5. The van der Waals surface area contributed by atoms with Crippen molar-refractivity contribution >= 4 is 23.5 Å². The van der Waals surface area contributed by atoms with Crippen LogP contribution in [-0.4, -0.2) is 36.2 Å². The van der Waals surface area contributed by atoms with Crippen LogP contribution in [0.15, 0.2) is 72.4 Å². The molecule has 0 saturated heterocycles. The van der Waals surface area contributed by atoms with Gasteiger partial charge < -0.3 is 9.88 Å². The van der Waals surface area contributed by atoms with E-state index in [0.717, 1.165) is 51.9 Å². The van der Waals surface area contributed by atoms with Gasteiger partial charge in [-0.05, 0) is 50.5 Å². The lowest BCUT2D eigenvalue weighted by molar-refractivity contribution is -0.113. The zero-order valence-corrected chi connectivity index (χ0v) is 20.8. The van der Waals surface area contributed by atoms with E-state index in [1.807, 2.05) is 42.5 Å². The summed E-state index contributed by atoms with van der Waals surface area (Å²) in [5.41, 5.74) is 5.05. The number of hydrogen-bond acceptors (Lipinski definition) is 5. The van der Waals surface area contributed by atoms with Gasteiger partial charge in [-0.25, -0.2) is 4.68 Å². The molecule has 1 aliphatic rings. The minimum absolute atomic E-state index is 0.124. The van der Waals surface area contributed by atoms with Gasteiger partial charge in [0.05, 0.1) is 17.1 Å². The molecule has 7 nitrogen and oxygen atoms in total. The lowest BCUT2D eigenvalue weighted by Gasteiger charge is -2.09. The molecule has 4 aromatic rings. The number of amides is 1. The Balaban J connectivity index is 1.38. The van der Waals surface area contributed by atoms with E-state index < -0.39 is 0 Å². The molecule has 0 radical (unpaired) electrons. The van der Waals surface area contributed by atoms with Gasteiger partial charge in [0, 0.05) is 24.1 Å². The number of rotatable bonds is 9. The van der Waals surface area contributed by atoms with E-state index in [1.54, 1.807) is 4.68 Å². The second-order valence-electron chi connectivity index (χ2n) is 8.83. The number of hydrogen-bond donors (Lipinski definition) is 1. The molecular formula is C27H28N6OS. The van der Waals surface area contributed by atoms with E-state index in [9.17, 15) is 4.79 Å². The predicted molar refractivity (Wildman–Crippen MR) is 140 cm³/mol. The molecule has 2 heterocycles. The lowest BCUT2D eigenvalue weighted by Crippen LogP contribution is -2.17. The fraction of sp³-hybridized carbons (Fsp3) is 0.259. The molecular weight excluding hydrogens is 456 g/mol. The monoisotopic (exact) mass is 484 g/mol. The summed E-state index contributed by atoms with van der Waals surface area (Å²) in [4.78, 5) is 13.0. The number of carbonyl (C=O) groups is 1. The van der Waals surface area contributed by atoms with Crippen molar-refractivity contribution in [3.63, 3.8) is 0 Å². The first-order valence-corrected chi connectivity index (χ1v) is 12.7. The van der Waals surface area contributed by atoms with Crippen LogP contribution < -0.4 is 5.32 Å². The molecule has 8 heteroatoms. The third-order valence-corrected chi connectivity index (χ3v) is 6.95. The molecule has 1 fully saturated rings. The molecule has 5 rings (SSSR count). The first-order valence-electron chi connectivity index (χ1n) is 11.7. The highest BCUT2D eigenvalue weighted by Crippen LogP contribution is 2.40. The molecule has 1 amide bonds. The molecule has 178 valence electrons. The normalized spacial score (nSPS) is 13.1. The van der Waals surface area contributed by atoms with Crippen molar-refractivity contribution < 1.29 is 4.79 Å². The maximum atomic E-state index is 13.0. The van der Waals surface area contributed by atoms with E-state index in [4.69, 9.17) is 5.10 Å². The van der Waals surface area contributed by atoms with Gasteiger partial charge in [0.25, 0.3) is 0 Å². The summed E-state index contributed by atoms with van der Waals surface area (Å²) in [6, 6.07) is 18.1. The van der Waals surface area contributed by atoms with Gasteiger partial charge in [0.2, 0.25) is 5.91 Å². The molecule has 1 aliphatic carbocycles. The number of thioether (sulfide) groups is 1. The average molecular weight is 485 g/mol. The number of aryl methyl sites for hydroxylation is 2. The van der Waals surface area contributed by atoms with Crippen molar-refractivity contribution in [3.8, 4) is 16.9 Å². The molecule has 0 atom stereocenters. The molecule has 1 N–H and O–H groups in total. The Morgan fingerprint density at radius 2 is 1.94 bits per heavy atom. The SMILES string of the molecule is C=CCn1c(SCC(=O)Nc2cc(-c3cc(C)ccc3C)nn2-c2ccccc2)nnc1C1CC1. The standard InChI is InChI=1S/C27H28N6OS/c1-4-14-32-26(20-12-13-20)29-30-27(32)35-17-25(34)28-24-16-23(22-15-18(2)10-11-19(22)3)31-33(24)21-8-6-5-7-9-21/h4-11,15-16,20H,1,12-14,17H2,2-3H3,(H,28,34). The summed E-state index contributed by atoms with van der Waals surface area (Å²) in [5.74, 6) is 2.20. The van der Waals surface area contributed by atoms with E-state index in [1.165, 1.54) is 11.8 Å². The minimum atomic E-state index is -0.124. The van der Waals surface area contributed by atoms with Gasteiger partial charge in [0.1, 0.15) is 11.6 Å². The van der Waals surface area contributed by atoms with Crippen molar-refractivity contribution in [2.24, 2.45) is 0 Å². The predicted octanol–water partition coefficient (Wildman–Crippen LogP) is 5.54. The highest BCUT2D eigenvalue weighted by Gasteiger charge is 2.30. The van der Waals surface area contributed by atoms with Crippen LogP contribution in [0, 0.1) is 13.8 Å². The van der Waals surface area contributed by atoms with Crippen LogP contribution in [0.2, 0.25) is 0 Å². The largest absolute Gasteiger partial charge is 0.310 e. The summed E-state index contributed by atoms with van der Waals surface area (Å²) in [6.07, 6.45) is 4.13. The van der Waals surface area contributed by atoms with E-state index in [-0.39, 0.29) is 11.7 Å². The molecule has 0 spiro atoms. The second-order valence-corrected chi connectivity index (χ2v) is 9.77. The van der Waals surface area contributed by atoms with Crippen molar-refractivity contribution in [3.05, 3.63) is 84.2 Å². The third kappa shape index (κ3) is 5.07. The Morgan fingerprint density at radius 3 is 2.69 bits per heavy atom. The number of nitrogens with one attached hydrogen (secondary N) is 1. The van der Waals surface area contributed by atoms with Crippen LogP contribution >= 0.6 is 11.8 Å². The summed E-state index contributed by atoms with van der Waals surface area (Å²) < 4.78 is 3.85. The number of carbonyl (C=O) groups excluding carboxylic acids is 1. The molecule has 2 aromatic heterocycles. The Morgan fingerprint density at radius 1 is 1.14 bits per heavy atom. The topological polar surface area (TPSA) is 77.6 Å². The van der Waals surface area contributed by atoms with Crippen LogP contribution in [0.3, 0.4) is 0 Å². The lowest BCUT2D eigenvalue weighted by atomic mass is 10.0. The number of anilines is 1. The quantitative estimate of drug-likeness (QED) is 0.249. The zero-order valence-electron chi connectivity index (χ0n) is 19.9.